The highest BCUT2D eigenvalue weighted by Crippen LogP contribution is 2.20. The van der Waals surface area contributed by atoms with Gasteiger partial charge in [-0.05, 0) is 79.4 Å². The monoisotopic (exact) mass is 536 g/mol. The van der Waals surface area contributed by atoms with E-state index in [-0.39, 0.29) is 48.8 Å². The molecule has 4 aromatic rings. The molecule has 6 nitrogen and oxygen atoms in total. The Morgan fingerprint density at radius 3 is 2.51 bits per heavy atom. The molecule has 0 radical (unpaired) electrons. The summed E-state index contributed by atoms with van der Waals surface area (Å²) in [6, 6.07) is 17.7. The summed E-state index contributed by atoms with van der Waals surface area (Å²) in [6.07, 6.45) is 10.3. The Kier molecular flexibility index (Phi) is 13.3. The summed E-state index contributed by atoms with van der Waals surface area (Å²) >= 11 is 0. The molecule has 3 heterocycles. The molecule has 0 aliphatic heterocycles. The van der Waals surface area contributed by atoms with Crippen LogP contribution in [0.3, 0.4) is 0 Å². The molecular formula is C26H31Cl3N4O2. The second-order valence-electron chi connectivity index (χ2n) is 7.84. The summed E-state index contributed by atoms with van der Waals surface area (Å²) in [6.45, 7) is 1.47. The number of benzene rings is 1. The molecule has 0 spiro atoms. The second-order valence-corrected chi connectivity index (χ2v) is 7.84. The number of aryl methyl sites for hydroxylation is 2. The van der Waals surface area contributed by atoms with E-state index in [0.29, 0.717) is 6.61 Å². The number of hydrogen-bond acceptors (Lipinski definition) is 5. The number of rotatable bonds is 10. The van der Waals surface area contributed by atoms with Crippen LogP contribution >= 0.6 is 37.2 Å². The fourth-order valence-corrected chi connectivity index (χ4v) is 3.83. The van der Waals surface area contributed by atoms with Gasteiger partial charge in [0.05, 0.1) is 12.1 Å². The Bertz CT molecular complexity index is 1210. The van der Waals surface area contributed by atoms with Crippen LogP contribution in [0.5, 0.6) is 5.75 Å². The van der Waals surface area contributed by atoms with Gasteiger partial charge in [0.25, 0.3) is 5.56 Å². The van der Waals surface area contributed by atoms with Crippen LogP contribution in [0.1, 0.15) is 30.0 Å². The zero-order valence-electron chi connectivity index (χ0n) is 19.5. The standard InChI is InChI=1S/C26H28N4O2.3ClH/c1-30-25-9-7-23(18-22(25)6-10-26(30)31)32-17-3-14-29-24(21-11-15-27-16-12-21)8-5-20-4-2-13-28-19-20;;;/h2,4,6-7,9-13,15-16,18-19,24,29H,3,5,8,14,17H2,1H3;3*1H. The van der Waals surface area contributed by atoms with Crippen LogP contribution in [0.2, 0.25) is 0 Å². The molecular weight excluding hydrogens is 507 g/mol. The summed E-state index contributed by atoms with van der Waals surface area (Å²) < 4.78 is 7.60. The first kappa shape index (κ1) is 30.4. The van der Waals surface area contributed by atoms with E-state index < -0.39 is 0 Å². The van der Waals surface area contributed by atoms with Crippen LogP contribution in [0, 0.1) is 0 Å². The molecule has 4 rings (SSSR count). The van der Waals surface area contributed by atoms with Gasteiger partial charge < -0.3 is 14.6 Å². The van der Waals surface area contributed by atoms with Gasteiger partial charge in [-0.25, -0.2) is 0 Å². The first-order valence-corrected chi connectivity index (χ1v) is 11.0. The largest absolute Gasteiger partial charge is 0.494 e. The Hall–Kier alpha value is -2.64. The Balaban J connectivity index is 0.00000204. The van der Waals surface area contributed by atoms with E-state index in [4.69, 9.17) is 4.74 Å². The van der Waals surface area contributed by atoms with Gasteiger partial charge in [-0.1, -0.05) is 6.07 Å². The molecule has 0 aliphatic rings. The topological polar surface area (TPSA) is 69.0 Å². The van der Waals surface area contributed by atoms with Gasteiger partial charge in [0.1, 0.15) is 5.75 Å². The SMILES string of the molecule is Cl.Cl.Cl.Cn1c(=O)ccc2cc(OCCCNC(CCc3cccnc3)c3ccncc3)ccc21. The van der Waals surface area contributed by atoms with E-state index >= 15 is 0 Å². The van der Waals surface area contributed by atoms with Crippen LogP contribution < -0.4 is 15.6 Å². The maximum absolute atomic E-state index is 11.8. The van der Waals surface area contributed by atoms with Crippen molar-refractivity contribution in [2.45, 2.75) is 25.3 Å². The minimum atomic E-state index is -0.00970. The van der Waals surface area contributed by atoms with Crippen molar-refractivity contribution in [3.63, 3.8) is 0 Å². The van der Waals surface area contributed by atoms with Crippen molar-refractivity contribution >= 4 is 48.1 Å². The lowest BCUT2D eigenvalue weighted by Crippen LogP contribution is -2.24. The lowest BCUT2D eigenvalue weighted by atomic mass is 10.0. The van der Waals surface area contributed by atoms with Crippen LogP contribution in [0.4, 0.5) is 0 Å². The Morgan fingerprint density at radius 2 is 1.77 bits per heavy atom. The van der Waals surface area contributed by atoms with Gasteiger partial charge in [0, 0.05) is 49.3 Å². The van der Waals surface area contributed by atoms with Gasteiger partial charge >= 0.3 is 0 Å². The number of ether oxygens (including phenoxy) is 1. The zero-order chi connectivity index (χ0) is 22.2. The van der Waals surface area contributed by atoms with E-state index in [1.54, 1.807) is 23.9 Å². The highest BCUT2D eigenvalue weighted by molar-refractivity contribution is 5.86. The number of nitrogens with one attached hydrogen (secondary N) is 1. The molecule has 188 valence electrons. The predicted molar refractivity (Wildman–Crippen MR) is 149 cm³/mol. The van der Waals surface area contributed by atoms with Crippen LogP contribution in [0.15, 0.2) is 84.2 Å². The third-order valence-electron chi connectivity index (χ3n) is 5.63. The average molecular weight is 538 g/mol. The normalized spacial score (nSPS) is 11.0. The molecule has 0 saturated carbocycles. The van der Waals surface area contributed by atoms with E-state index in [9.17, 15) is 4.79 Å². The van der Waals surface area contributed by atoms with Crippen molar-refractivity contribution in [3.05, 3.63) is 101 Å². The number of aromatic nitrogens is 3. The smallest absolute Gasteiger partial charge is 0.250 e. The van der Waals surface area contributed by atoms with Crippen molar-refractivity contribution in [2.75, 3.05) is 13.2 Å². The summed E-state index contributed by atoms with van der Waals surface area (Å²) in [5.41, 5.74) is 3.38. The van der Waals surface area contributed by atoms with Gasteiger partial charge in [-0.3, -0.25) is 14.8 Å². The lowest BCUT2D eigenvalue weighted by molar-refractivity contribution is 0.304. The molecule has 0 saturated heterocycles. The fraction of sp³-hybridized carbons (Fsp3) is 0.269. The van der Waals surface area contributed by atoms with E-state index in [0.717, 1.165) is 42.5 Å². The van der Waals surface area contributed by atoms with Crippen molar-refractivity contribution in [3.8, 4) is 5.75 Å². The predicted octanol–water partition coefficient (Wildman–Crippen LogP) is 5.33. The van der Waals surface area contributed by atoms with E-state index in [1.165, 1.54) is 11.1 Å². The molecule has 1 N–H and O–H groups in total. The number of hydrogen-bond donors (Lipinski definition) is 1. The quantitative estimate of drug-likeness (QED) is 0.277. The minimum absolute atomic E-state index is 0. The molecule has 0 aliphatic carbocycles. The van der Waals surface area contributed by atoms with Gasteiger partial charge in [-0.2, -0.15) is 0 Å². The summed E-state index contributed by atoms with van der Waals surface area (Å²) in [5, 5.41) is 4.67. The van der Waals surface area contributed by atoms with Crippen molar-refractivity contribution in [1.82, 2.24) is 19.9 Å². The van der Waals surface area contributed by atoms with Crippen LogP contribution in [0.25, 0.3) is 10.9 Å². The number of nitrogens with zero attached hydrogens (tertiary/aromatic N) is 3. The van der Waals surface area contributed by atoms with Crippen molar-refractivity contribution in [2.24, 2.45) is 7.05 Å². The molecule has 1 aromatic carbocycles. The molecule has 1 unspecified atom stereocenters. The molecule has 35 heavy (non-hydrogen) atoms. The summed E-state index contributed by atoms with van der Waals surface area (Å²) in [4.78, 5) is 20.1. The maximum Gasteiger partial charge on any atom is 0.250 e. The Morgan fingerprint density at radius 1 is 0.971 bits per heavy atom. The van der Waals surface area contributed by atoms with E-state index in [2.05, 4.69) is 33.5 Å². The first-order valence-electron chi connectivity index (χ1n) is 11.0. The summed E-state index contributed by atoms with van der Waals surface area (Å²) in [5.74, 6) is 0.818. The average Bonchev–Trinajstić information content (AvgIpc) is 2.84. The molecule has 3 aromatic heterocycles. The fourth-order valence-electron chi connectivity index (χ4n) is 3.83. The third-order valence-corrected chi connectivity index (χ3v) is 5.63. The molecule has 9 heteroatoms. The Labute approximate surface area is 224 Å². The third kappa shape index (κ3) is 8.51. The van der Waals surface area contributed by atoms with Gasteiger partial charge in [0.2, 0.25) is 0 Å². The van der Waals surface area contributed by atoms with Crippen LogP contribution in [-0.4, -0.2) is 27.7 Å². The molecule has 0 fully saturated rings. The van der Waals surface area contributed by atoms with Crippen LogP contribution in [-0.2, 0) is 13.5 Å². The number of halogens is 3. The highest BCUT2D eigenvalue weighted by Gasteiger charge is 2.11. The highest BCUT2D eigenvalue weighted by atomic mass is 35.5. The number of pyridine rings is 3. The summed E-state index contributed by atoms with van der Waals surface area (Å²) in [7, 11) is 1.78. The van der Waals surface area contributed by atoms with E-state index in [1.807, 2.05) is 48.9 Å². The second kappa shape index (κ2) is 15.4. The molecule has 0 bridgehead atoms. The molecule has 0 amide bonds. The number of fused-ring (bicyclic) bond motifs is 1. The maximum atomic E-state index is 11.8. The van der Waals surface area contributed by atoms with Gasteiger partial charge in [0.15, 0.2) is 0 Å². The zero-order valence-corrected chi connectivity index (χ0v) is 22.0. The minimum Gasteiger partial charge on any atom is -0.494 e. The van der Waals surface area contributed by atoms with Gasteiger partial charge in [-0.15, -0.1) is 37.2 Å². The first-order chi connectivity index (χ1) is 15.7. The van der Waals surface area contributed by atoms with Crippen molar-refractivity contribution < 1.29 is 4.74 Å². The van der Waals surface area contributed by atoms with Crippen molar-refractivity contribution in [1.29, 1.82) is 0 Å². The molecule has 1 atom stereocenters. The lowest BCUT2D eigenvalue weighted by Gasteiger charge is -2.19.